The average molecular weight is 409 g/mol. The lowest BCUT2D eigenvalue weighted by Crippen LogP contribution is -2.11. The van der Waals surface area contributed by atoms with Gasteiger partial charge in [0, 0.05) is 22.2 Å². The Morgan fingerprint density at radius 2 is 1.83 bits per heavy atom. The number of carbonyl (C=O) groups excluding carboxylic acids is 2. The van der Waals surface area contributed by atoms with E-state index in [4.69, 9.17) is 21.1 Å². The first-order chi connectivity index (χ1) is 14.0. The molecule has 3 aromatic rings. The first-order valence-electron chi connectivity index (χ1n) is 8.75. The minimum absolute atomic E-state index is 0.0273. The predicted octanol–water partition coefficient (Wildman–Crippen LogP) is 5.36. The average Bonchev–Trinajstić information content (AvgIpc) is 3.03. The summed E-state index contributed by atoms with van der Waals surface area (Å²) >= 11 is 5.82. The molecule has 4 rings (SSSR count). The summed E-state index contributed by atoms with van der Waals surface area (Å²) in [7, 11) is 0. The van der Waals surface area contributed by atoms with Gasteiger partial charge in [0.05, 0.1) is 5.56 Å². The van der Waals surface area contributed by atoms with E-state index in [-0.39, 0.29) is 29.5 Å². The van der Waals surface area contributed by atoms with E-state index in [0.29, 0.717) is 27.6 Å². The quantitative estimate of drug-likeness (QED) is 0.421. The Morgan fingerprint density at radius 3 is 2.59 bits per heavy atom. The number of fused-ring (bicyclic) bond motifs is 1. The maximum absolute atomic E-state index is 13.8. The van der Waals surface area contributed by atoms with E-state index in [1.165, 1.54) is 18.2 Å². The lowest BCUT2D eigenvalue weighted by atomic mass is 10.1. The SMILES string of the molecule is O=C(COc1ccc2c(c1)OC(=Cc1ccccc1F)C2=O)c1ccc(Cl)cc1. The number of rotatable bonds is 5. The van der Waals surface area contributed by atoms with Crippen molar-refractivity contribution in [1.82, 2.24) is 0 Å². The standard InChI is InChI=1S/C23H14ClFO4/c24-16-7-5-14(6-8-16)20(26)13-28-17-9-10-18-21(12-17)29-22(23(18)27)11-15-3-1-2-4-19(15)25/h1-12H,13H2. The number of hydrogen-bond acceptors (Lipinski definition) is 4. The summed E-state index contributed by atoms with van der Waals surface area (Å²) < 4.78 is 25.0. The van der Waals surface area contributed by atoms with E-state index in [2.05, 4.69) is 0 Å². The lowest BCUT2D eigenvalue weighted by molar-refractivity contribution is 0.0921. The Morgan fingerprint density at radius 1 is 1.07 bits per heavy atom. The van der Waals surface area contributed by atoms with Crippen molar-refractivity contribution in [2.75, 3.05) is 6.61 Å². The highest BCUT2D eigenvalue weighted by Crippen LogP contribution is 2.35. The molecule has 144 valence electrons. The van der Waals surface area contributed by atoms with Gasteiger partial charge in [-0.25, -0.2) is 4.39 Å². The fraction of sp³-hybridized carbons (Fsp3) is 0.0435. The van der Waals surface area contributed by atoms with Crippen LogP contribution < -0.4 is 9.47 Å². The Balaban J connectivity index is 1.48. The van der Waals surface area contributed by atoms with Gasteiger partial charge in [-0.05, 0) is 48.5 Å². The highest BCUT2D eigenvalue weighted by molar-refractivity contribution is 6.30. The van der Waals surface area contributed by atoms with Crippen LogP contribution in [0.3, 0.4) is 0 Å². The minimum Gasteiger partial charge on any atom is -0.485 e. The Kier molecular flexibility index (Phi) is 5.14. The number of hydrogen-bond donors (Lipinski definition) is 0. The molecule has 0 radical (unpaired) electrons. The number of ether oxygens (including phenoxy) is 2. The van der Waals surface area contributed by atoms with Crippen LogP contribution in [0.2, 0.25) is 5.02 Å². The van der Waals surface area contributed by atoms with Crippen molar-refractivity contribution in [2.24, 2.45) is 0 Å². The summed E-state index contributed by atoms with van der Waals surface area (Å²) in [6.07, 6.45) is 1.36. The van der Waals surface area contributed by atoms with E-state index in [0.717, 1.165) is 0 Å². The van der Waals surface area contributed by atoms with Crippen LogP contribution in [-0.4, -0.2) is 18.2 Å². The van der Waals surface area contributed by atoms with Crippen molar-refractivity contribution in [2.45, 2.75) is 0 Å². The molecule has 4 nitrogen and oxygen atoms in total. The molecule has 1 aliphatic rings. The number of Topliss-reactive ketones (excluding diaryl/α,β-unsaturated/α-hetero) is 2. The number of carbonyl (C=O) groups is 2. The number of ketones is 2. The molecule has 29 heavy (non-hydrogen) atoms. The molecule has 0 aliphatic carbocycles. The van der Waals surface area contributed by atoms with Gasteiger partial charge in [0.25, 0.3) is 0 Å². The van der Waals surface area contributed by atoms with Crippen LogP contribution in [-0.2, 0) is 0 Å². The largest absolute Gasteiger partial charge is 0.485 e. The van der Waals surface area contributed by atoms with Crippen molar-refractivity contribution < 1.29 is 23.5 Å². The van der Waals surface area contributed by atoms with E-state index in [1.807, 2.05) is 0 Å². The fourth-order valence-electron chi connectivity index (χ4n) is 2.86. The van der Waals surface area contributed by atoms with E-state index >= 15 is 0 Å². The Labute approximate surface area is 171 Å². The van der Waals surface area contributed by atoms with E-state index < -0.39 is 5.82 Å². The highest BCUT2D eigenvalue weighted by atomic mass is 35.5. The van der Waals surface area contributed by atoms with Crippen LogP contribution in [0, 0.1) is 5.82 Å². The second kappa shape index (κ2) is 7.89. The van der Waals surface area contributed by atoms with Crippen molar-refractivity contribution in [1.29, 1.82) is 0 Å². The molecule has 0 saturated carbocycles. The Hall–Kier alpha value is -3.44. The normalized spacial score (nSPS) is 13.9. The third kappa shape index (κ3) is 4.05. The van der Waals surface area contributed by atoms with Gasteiger partial charge in [-0.3, -0.25) is 9.59 Å². The zero-order chi connectivity index (χ0) is 20.4. The maximum Gasteiger partial charge on any atom is 0.231 e. The van der Waals surface area contributed by atoms with Crippen molar-refractivity contribution in [3.63, 3.8) is 0 Å². The van der Waals surface area contributed by atoms with Gasteiger partial charge in [0.15, 0.2) is 18.1 Å². The molecule has 6 heteroatoms. The summed E-state index contributed by atoms with van der Waals surface area (Å²) in [5.74, 6) is -0.289. The fourth-order valence-corrected chi connectivity index (χ4v) is 2.98. The molecule has 0 N–H and O–H groups in total. The van der Waals surface area contributed by atoms with Crippen LogP contribution in [0.5, 0.6) is 11.5 Å². The zero-order valence-corrected chi connectivity index (χ0v) is 15.8. The van der Waals surface area contributed by atoms with Crippen LogP contribution in [0.15, 0.2) is 72.5 Å². The molecule has 1 aliphatic heterocycles. The molecule has 0 aromatic heterocycles. The third-order valence-electron chi connectivity index (χ3n) is 4.37. The van der Waals surface area contributed by atoms with Gasteiger partial charge in [-0.15, -0.1) is 0 Å². The summed E-state index contributed by atoms with van der Waals surface area (Å²) in [4.78, 5) is 24.7. The molecule has 1 heterocycles. The van der Waals surface area contributed by atoms with Gasteiger partial charge in [0.1, 0.15) is 17.3 Å². The molecule has 0 atom stereocenters. The highest BCUT2D eigenvalue weighted by Gasteiger charge is 2.28. The topological polar surface area (TPSA) is 52.6 Å². The molecule has 0 unspecified atom stereocenters. The summed E-state index contributed by atoms with van der Waals surface area (Å²) in [6.45, 7) is -0.174. The van der Waals surface area contributed by atoms with Gasteiger partial charge >= 0.3 is 0 Å². The zero-order valence-electron chi connectivity index (χ0n) is 15.0. The lowest BCUT2D eigenvalue weighted by Gasteiger charge is -2.07. The molecule has 0 spiro atoms. The van der Waals surface area contributed by atoms with Gasteiger partial charge in [0.2, 0.25) is 5.78 Å². The first kappa shape index (κ1) is 18.9. The Bertz CT molecular complexity index is 1140. The summed E-state index contributed by atoms with van der Waals surface area (Å²) in [5, 5.41) is 0.544. The second-order valence-corrected chi connectivity index (χ2v) is 6.77. The molecular weight excluding hydrogens is 395 g/mol. The summed E-state index contributed by atoms with van der Waals surface area (Å²) in [5.41, 5.74) is 1.09. The summed E-state index contributed by atoms with van der Waals surface area (Å²) in [6, 6.07) is 17.3. The number of halogens is 2. The first-order valence-corrected chi connectivity index (χ1v) is 9.13. The van der Waals surface area contributed by atoms with E-state index in [1.54, 1.807) is 54.6 Å². The van der Waals surface area contributed by atoms with Crippen LogP contribution in [0.1, 0.15) is 26.3 Å². The van der Waals surface area contributed by atoms with Crippen molar-refractivity contribution in [3.8, 4) is 11.5 Å². The number of allylic oxidation sites excluding steroid dienone is 1. The van der Waals surface area contributed by atoms with Gasteiger partial charge in [-0.2, -0.15) is 0 Å². The van der Waals surface area contributed by atoms with Crippen LogP contribution >= 0.6 is 11.6 Å². The molecule has 3 aromatic carbocycles. The maximum atomic E-state index is 13.8. The van der Waals surface area contributed by atoms with E-state index in [9.17, 15) is 14.0 Å². The second-order valence-electron chi connectivity index (χ2n) is 6.34. The smallest absolute Gasteiger partial charge is 0.231 e. The molecule has 0 bridgehead atoms. The van der Waals surface area contributed by atoms with Crippen molar-refractivity contribution >= 4 is 29.2 Å². The van der Waals surface area contributed by atoms with Gasteiger partial charge in [-0.1, -0.05) is 29.8 Å². The van der Waals surface area contributed by atoms with Crippen molar-refractivity contribution in [3.05, 3.63) is 100 Å². The predicted molar refractivity (Wildman–Crippen MR) is 107 cm³/mol. The molecule has 0 amide bonds. The molecular formula is C23H14ClFO4. The number of benzene rings is 3. The molecule has 0 saturated heterocycles. The monoisotopic (exact) mass is 408 g/mol. The third-order valence-corrected chi connectivity index (χ3v) is 4.62. The minimum atomic E-state index is -0.447. The van der Waals surface area contributed by atoms with Gasteiger partial charge < -0.3 is 9.47 Å². The van der Waals surface area contributed by atoms with Crippen LogP contribution in [0.25, 0.3) is 6.08 Å². The van der Waals surface area contributed by atoms with Crippen LogP contribution in [0.4, 0.5) is 4.39 Å². The molecule has 0 fully saturated rings.